The zero-order valence-corrected chi connectivity index (χ0v) is 12.8. The molecular formula is C17H27NO. The Morgan fingerprint density at radius 3 is 2.42 bits per heavy atom. The lowest BCUT2D eigenvalue weighted by Crippen LogP contribution is -2.38. The highest BCUT2D eigenvalue weighted by Gasteiger charge is 2.16. The first-order valence-corrected chi connectivity index (χ1v) is 7.16. The van der Waals surface area contributed by atoms with E-state index in [0.717, 1.165) is 17.9 Å². The topological polar surface area (TPSA) is 21.3 Å². The van der Waals surface area contributed by atoms with Crippen molar-refractivity contribution in [1.29, 1.82) is 0 Å². The van der Waals surface area contributed by atoms with Crippen molar-refractivity contribution in [1.82, 2.24) is 5.32 Å². The van der Waals surface area contributed by atoms with E-state index in [4.69, 9.17) is 4.74 Å². The Balaban J connectivity index is 2.78. The van der Waals surface area contributed by atoms with Gasteiger partial charge in [0.25, 0.3) is 0 Å². The number of rotatable bonds is 7. The first kappa shape index (κ1) is 15.8. The second-order valence-electron chi connectivity index (χ2n) is 5.50. The zero-order valence-electron chi connectivity index (χ0n) is 12.8. The Bertz CT molecular complexity index is 396. The first-order chi connectivity index (χ1) is 9.04. The summed E-state index contributed by atoms with van der Waals surface area (Å²) < 4.78 is 6.20. The molecule has 1 atom stereocenters. The summed E-state index contributed by atoms with van der Waals surface area (Å²) in [6, 6.07) is 8.67. The van der Waals surface area contributed by atoms with E-state index in [-0.39, 0.29) is 6.10 Å². The van der Waals surface area contributed by atoms with E-state index in [1.54, 1.807) is 0 Å². The van der Waals surface area contributed by atoms with Crippen LogP contribution in [0.25, 0.3) is 6.08 Å². The van der Waals surface area contributed by atoms with Crippen LogP contribution in [0.15, 0.2) is 30.3 Å². The Labute approximate surface area is 117 Å². The molecule has 0 saturated heterocycles. The van der Waals surface area contributed by atoms with Crippen molar-refractivity contribution >= 4 is 6.08 Å². The zero-order chi connectivity index (χ0) is 14.3. The van der Waals surface area contributed by atoms with Crippen molar-refractivity contribution in [2.24, 2.45) is 5.92 Å². The molecule has 0 bridgehead atoms. The quantitative estimate of drug-likeness (QED) is 0.797. The average Bonchev–Trinajstić information content (AvgIpc) is 2.36. The van der Waals surface area contributed by atoms with Crippen LogP contribution in [0, 0.1) is 5.92 Å². The molecule has 0 heterocycles. The molecule has 0 amide bonds. The largest absolute Gasteiger partial charge is 0.488 e. The lowest BCUT2D eigenvalue weighted by molar-refractivity contribution is 0.146. The molecule has 1 N–H and O–H groups in total. The van der Waals surface area contributed by atoms with Gasteiger partial charge in [-0.25, -0.2) is 0 Å². The molecule has 0 aromatic heterocycles. The molecular weight excluding hydrogens is 234 g/mol. The van der Waals surface area contributed by atoms with Gasteiger partial charge in [-0.2, -0.15) is 0 Å². The van der Waals surface area contributed by atoms with Crippen LogP contribution in [0.4, 0.5) is 0 Å². The van der Waals surface area contributed by atoms with Crippen molar-refractivity contribution in [3.05, 3.63) is 35.9 Å². The average molecular weight is 261 g/mol. The lowest BCUT2D eigenvalue weighted by atomic mass is 10.1. The Morgan fingerprint density at radius 1 is 1.16 bits per heavy atom. The predicted molar refractivity (Wildman–Crippen MR) is 83.5 cm³/mol. The first-order valence-electron chi connectivity index (χ1n) is 7.16. The van der Waals surface area contributed by atoms with E-state index in [9.17, 15) is 0 Å². The highest BCUT2D eigenvalue weighted by Crippen LogP contribution is 2.22. The van der Waals surface area contributed by atoms with Gasteiger partial charge in [0.2, 0.25) is 0 Å². The van der Waals surface area contributed by atoms with Gasteiger partial charge in [0.1, 0.15) is 11.9 Å². The monoisotopic (exact) mass is 261 g/mol. The van der Waals surface area contributed by atoms with E-state index in [2.05, 4.69) is 45.2 Å². The summed E-state index contributed by atoms with van der Waals surface area (Å²) in [6.45, 7) is 11.6. The molecule has 0 aliphatic rings. The Hall–Kier alpha value is -1.28. The van der Waals surface area contributed by atoms with E-state index >= 15 is 0 Å². The molecule has 19 heavy (non-hydrogen) atoms. The molecule has 2 nitrogen and oxygen atoms in total. The maximum atomic E-state index is 6.20. The SMILES string of the molecule is C/C=C/c1ccccc1OC(CNC(C)C)C(C)C. The van der Waals surface area contributed by atoms with Crippen LogP contribution in [0.3, 0.4) is 0 Å². The second kappa shape index (κ2) is 8.00. The Kier molecular flexibility index (Phi) is 6.65. The summed E-state index contributed by atoms with van der Waals surface area (Å²) >= 11 is 0. The van der Waals surface area contributed by atoms with Gasteiger partial charge in [0.15, 0.2) is 0 Å². The van der Waals surface area contributed by atoms with Gasteiger partial charge < -0.3 is 10.1 Å². The van der Waals surface area contributed by atoms with E-state index in [0.29, 0.717) is 12.0 Å². The maximum Gasteiger partial charge on any atom is 0.127 e. The van der Waals surface area contributed by atoms with Crippen molar-refractivity contribution in [2.75, 3.05) is 6.54 Å². The van der Waals surface area contributed by atoms with Crippen LogP contribution in [0.2, 0.25) is 0 Å². The fraction of sp³-hybridized carbons (Fsp3) is 0.529. The van der Waals surface area contributed by atoms with E-state index < -0.39 is 0 Å². The molecule has 106 valence electrons. The molecule has 1 unspecified atom stereocenters. The summed E-state index contributed by atoms with van der Waals surface area (Å²) in [4.78, 5) is 0. The second-order valence-corrected chi connectivity index (χ2v) is 5.50. The van der Waals surface area contributed by atoms with Crippen LogP contribution in [0.1, 0.15) is 40.2 Å². The highest BCUT2D eigenvalue weighted by atomic mass is 16.5. The lowest BCUT2D eigenvalue weighted by Gasteiger charge is -2.25. The number of benzene rings is 1. The van der Waals surface area contributed by atoms with Crippen molar-refractivity contribution in [2.45, 2.75) is 46.8 Å². The molecule has 0 aliphatic heterocycles. The van der Waals surface area contributed by atoms with Gasteiger partial charge in [-0.1, -0.05) is 58.0 Å². The maximum absolute atomic E-state index is 6.20. The smallest absolute Gasteiger partial charge is 0.127 e. The van der Waals surface area contributed by atoms with Crippen molar-refractivity contribution < 1.29 is 4.74 Å². The standard InChI is InChI=1S/C17H27NO/c1-6-9-15-10-7-8-11-16(15)19-17(13(2)3)12-18-14(4)5/h6-11,13-14,17-18H,12H2,1-5H3/b9-6+. The summed E-state index contributed by atoms with van der Waals surface area (Å²) in [5, 5.41) is 3.46. The minimum atomic E-state index is 0.189. The van der Waals surface area contributed by atoms with Crippen LogP contribution >= 0.6 is 0 Å². The van der Waals surface area contributed by atoms with E-state index in [1.165, 1.54) is 0 Å². The molecule has 1 rings (SSSR count). The molecule has 0 fully saturated rings. The van der Waals surface area contributed by atoms with Gasteiger partial charge in [-0.3, -0.25) is 0 Å². The number of hydrogen-bond acceptors (Lipinski definition) is 2. The van der Waals surface area contributed by atoms with Gasteiger partial charge in [-0.15, -0.1) is 0 Å². The number of hydrogen-bond donors (Lipinski definition) is 1. The van der Waals surface area contributed by atoms with Crippen LogP contribution in [-0.4, -0.2) is 18.7 Å². The van der Waals surface area contributed by atoms with Gasteiger partial charge in [-0.05, 0) is 18.9 Å². The fourth-order valence-electron chi connectivity index (χ4n) is 1.83. The molecule has 0 saturated carbocycles. The van der Waals surface area contributed by atoms with Gasteiger partial charge >= 0.3 is 0 Å². The Morgan fingerprint density at radius 2 is 1.84 bits per heavy atom. The summed E-state index contributed by atoms with van der Waals surface area (Å²) in [7, 11) is 0. The predicted octanol–water partition coefficient (Wildman–Crippen LogP) is 4.12. The fourth-order valence-corrected chi connectivity index (χ4v) is 1.83. The third-order valence-corrected chi connectivity index (χ3v) is 3.01. The summed E-state index contributed by atoms with van der Waals surface area (Å²) in [5.41, 5.74) is 1.14. The van der Waals surface area contributed by atoms with Crippen LogP contribution in [0.5, 0.6) is 5.75 Å². The highest BCUT2D eigenvalue weighted by molar-refractivity contribution is 5.56. The van der Waals surface area contributed by atoms with Crippen molar-refractivity contribution in [3.8, 4) is 5.75 Å². The van der Waals surface area contributed by atoms with Gasteiger partial charge in [0, 0.05) is 18.2 Å². The number of ether oxygens (including phenoxy) is 1. The van der Waals surface area contributed by atoms with Gasteiger partial charge in [0.05, 0.1) is 0 Å². The van der Waals surface area contributed by atoms with Crippen LogP contribution < -0.4 is 10.1 Å². The molecule has 2 heteroatoms. The molecule has 0 radical (unpaired) electrons. The normalized spacial score (nSPS) is 13.4. The third-order valence-electron chi connectivity index (χ3n) is 3.01. The number of allylic oxidation sites excluding steroid dienone is 1. The molecule has 1 aromatic carbocycles. The van der Waals surface area contributed by atoms with Crippen molar-refractivity contribution in [3.63, 3.8) is 0 Å². The summed E-state index contributed by atoms with van der Waals surface area (Å²) in [6.07, 6.45) is 4.32. The number of para-hydroxylation sites is 1. The number of nitrogens with one attached hydrogen (secondary N) is 1. The summed E-state index contributed by atoms with van der Waals surface area (Å²) in [5.74, 6) is 1.44. The van der Waals surface area contributed by atoms with Crippen LogP contribution in [-0.2, 0) is 0 Å². The molecule has 1 aromatic rings. The molecule has 0 aliphatic carbocycles. The minimum Gasteiger partial charge on any atom is -0.488 e. The minimum absolute atomic E-state index is 0.189. The molecule has 0 spiro atoms. The third kappa shape index (κ3) is 5.48. The van der Waals surface area contributed by atoms with E-state index in [1.807, 2.05) is 31.2 Å².